The summed E-state index contributed by atoms with van der Waals surface area (Å²) in [5.41, 5.74) is 0. The van der Waals surface area contributed by atoms with E-state index < -0.39 is 14.5 Å². The van der Waals surface area contributed by atoms with Crippen LogP contribution in [0.4, 0.5) is 0 Å². The van der Waals surface area contributed by atoms with E-state index in [-0.39, 0.29) is 10.5 Å². The summed E-state index contributed by atoms with van der Waals surface area (Å²) in [7, 11) is 0.112. The molecule has 0 atom stereocenters. The van der Waals surface area contributed by atoms with E-state index in [1.54, 1.807) is 0 Å². The van der Waals surface area contributed by atoms with Crippen LogP contribution in [0.15, 0.2) is 0 Å². The summed E-state index contributed by atoms with van der Waals surface area (Å²) in [4.78, 5) is 0. The second-order valence-corrected chi connectivity index (χ2v) is 5.40. The Balaban J connectivity index is 3.48. The molecule has 6 heavy (non-hydrogen) atoms. The van der Waals surface area contributed by atoms with Crippen molar-refractivity contribution in [3.05, 3.63) is 0 Å². The molecule has 38 valence electrons. The first-order valence-electron chi connectivity index (χ1n) is 1.17. The standard InChI is InChI=1S/AsH5O4Si/c2-1(3,4)5-6/h6H3,(H2,2,3,4). The summed E-state index contributed by atoms with van der Waals surface area (Å²) < 4.78 is 29.0. The Morgan fingerprint density at radius 1 is 1.67 bits per heavy atom. The normalized spacial score (nSPS) is 12.3. The topological polar surface area (TPSA) is 66.8 Å². The molecule has 0 rings (SSSR count). The van der Waals surface area contributed by atoms with Gasteiger partial charge < -0.3 is 0 Å². The van der Waals surface area contributed by atoms with Crippen molar-refractivity contribution in [1.29, 1.82) is 0 Å². The predicted molar refractivity (Wildman–Crippen MR) is 21.9 cm³/mol. The first-order valence-corrected chi connectivity index (χ1v) is 5.20. The van der Waals surface area contributed by atoms with Gasteiger partial charge in [-0.3, -0.25) is 0 Å². The van der Waals surface area contributed by atoms with Crippen molar-refractivity contribution in [2.45, 2.75) is 0 Å². The molecule has 0 unspecified atom stereocenters. The van der Waals surface area contributed by atoms with Gasteiger partial charge in [-0.2, -0.15) is 0 Å². The Bertz CT molecular complexity index is 71.6. The molecule has 0 aliphatic heterocycles. The van der Waals surface area contributed by atoms with Crippen molar-refractivity contribution >= 4 is 25.0 Å². The van der Waals surface area contributed by atoms with Crippen LogP contribution < -0.4 is 0 Å². The molecule has 0 saturated heterocycles. The molecule has 0 amide bonds. The maximum atomic E-state index is 9.57. The fraction of sp³-hybridized carbons (Fsp3) is 0. The molecule has 0 heterocycles. The Labute approximate surface area is 41.0 Å². The maximum absolute atomic E-state index is 9.57. The fourth-order valence-corrected chi connectivity index (χ4v) is 0. The zero-order valence-electron chi connectivity index (χ0n) is 3.16. The monoisotopic (exact) mass is 172 g/mol. The average Bonchev–Trinajstić information content (AvgIpc) is 1.35. The van der Waals surface area contributed by atoms with Crippen molar-refractivity contribution in [3.8, 4) is 0 Å². The third kappa shape index (κ3) is 4.46. The van der Waals surface area contributed by atoms with Gasteiger partial charge in [-0.1, -0.05) is 0 Å². The van der Waals surface area contributed by atoms with Crippen molar-refractivity contribution in [2.24, 2.45) is 0 Å². The van der Waals surface area contributed by atoms with Gasteiger partial charge in [0, 0.05) is 0 Å². The van der Waals surface area contributed by atoms with E-state index in [4.69, 9.17) is 8.19 Å². The molecule has 0 aliphatic rings. The summed E-state index contributed by atoms with van der Waals surface area (Å²) >= 11 is -4.60. The molecule has 6 heteroatoms. The van der Waals surface area contributed by atoms with Gasteiger partial charge in [-0.25, -0.2) is 0 Å². The molecule has 0 aromatic carbocycles. The van der Waals surface area contributed by atoms with Crippen LogP contribution in [0.3, 0.4) is 0 Å². The van der Waals surface area contributed by atoms with E-state index in [1.807, 2.05) is 0 Å². The molecule has 0 spiro atoms. The zero-order chi connectivity index (χ0) is 5.21. The van der Waals surface area contributed by atoms with Gasteiger partial charge >= 0.3 is 40.3 Å². The van der Waals surface area contributed by atoms with Gasteiger partial charge in [-0.05, 0) is 0 Å². The summed E-state index contributed by atoms with van der Waals surface area (Å²) in [6, 6.07) is 0. The van der Waals surface area contributed by atoms with Crippen LogP contribution in [0.2, 0.25) is 0 Å². The van der Waals surface area contributed by atoms with E-state index in [9.17, 15) is 3.74 Å². The van der Waals surface area contributed by atoms with Crippen molar-refractivity contribution in [1.82, 2.24) is 0 Å². The van der Waals surface area contributed by atoms with Crippen molar-refractivity contribution in [2.75, 3.05) is 0 Å². The van der Waals surface area contributed by atoms with E-state index in [0.29, 0.717) is 0 Å². The Morgan fingerprint density at radius 2 is 1.83 bits per heavy atom. The molecule has 2 N–H and O–H groups in total. The molecular weight excluding hydrogens is 167 g/mol. The first kappa shape index (κ1) is 6.46. The van der Waals surface area contributed by atoms with Crippen LogP contribution in [0, 0.1) is 0 Å². The van der Waals surface area contributed by atoms with Crippen LogP contribution in [-0.4, -0.2) is 33.2 Å². The SMILES string of the molecule is O=[As](O)(O)O[SiH3]. The van der Waals surface area contributed by atoms with Crippen LogP contribution in [0.5, 0.6) is 0 Å². The molecule has 0 aromatic rings. The van der Waals surface area contributed by atoms with Gasteiger partial charge in [-0.15, -0.1) is 0 Å². The summed E-state index contributed by atoms with van der Waals surface area (Å²) in [5, 5.41) is 0. The predicted octanol–water partition coefficient (Wildman–Crippen LogP) is -2.87. The van der Waals surface area contributed by atoms with Crippen LogP contribution in [0.25, 0.3) is 0 Å². The second-order valence-electron chi connectivity index (χ2n) is 0.673. The van der Waals surface area contributed by atoms with Gasteiger partial charge in [0.2, 0.25) is 0 Å². The van der Waals surface area contributed by atoms with Gasteiger partial charge in [0.05, 0.1) is 0 Å². The van der Waals surface area contributed by atoms with E-state index in [2.05, 4.69) is 3.42 Å². The molecule has 0 saturated carbocycles. The zero-order valence-corrected chi connectivity index (χ0v) is 7.03. The van der Waals surface area contributed by atoms with Gasteiger partial charge in [0.15, 0.2) is 0 Å². The number of hydrogen-bond donors (Lipinski definition) is 2. The quantitative estimate of drug-likeness (QED) is 0.417. The molecule has 0 aromatic heterocycles. The molecule has 0 aliphatic carbocycles. The van der Waals surface area contributed by atoms with E-state index >= 15 is 0 Å². The summed E-state index contributed by atoms with van der Waals surface area (Å²) in [6.45, 7) is 0. The first-order chi connectivity index (χ1) is 2.56. The molecular formula is H5AsO4Si. The second kappa shape index (κ2) is 1.95. The van der Waals surface area contributed by atoms with Crippen LogP contribution in [-0.2, 0) is 7.15 Å². The molecule has 0 radical (unpaired) electrons. The molecule has 0 fully saturated rings. The molecule has 4 nitrogen and oxygen atoms in total. The molecule has 0 bridgehead atoms. The minimum absolute atomic E-state index is 0.112. The van der Waals surface area contributed by atoms with Crippen LogP contribution in [0.1, 0.15) is 0 Å². The average molecular weight is 172 g/mol. The van der Waals surface area contributed by atoms with Gasteiger partial charge in [0.25, 0.3) is 0 Å². The third-order valence-electron chi connectivity index (χ3n) is 0.238. The Hall–Kier alpha value is 0.455. The fourth-order valence-electron chi connectivity index (χ4n) is 0. The minimum atomic E-state index is -4.60. The summed E-state index contributed by atoms with van der Waals surface area (Å²) in [5.74, 6) is 0. The summed E-state index contributed by atoms with van der Waals surface area (Å²) in [6.07, 6.45) is 0. The number of rotatable bonds is 1. The number of hydrogen-bond acceptors (Lipinski definition) is 2. The Morgan fingerprint density at radius 3 is 1.83 bits per heavy atom. The van der Waals surface area contributed by atoms with E-state index in [0.717, 1.165) is 0 Å². The van der Waals surface area contributed by atoms with Gasteiger partial charge in [0.1, 0.15) is 0 Å². The Kier molecular flexibility index (Phi) is 2.10. The van der Waals surface area contributed by atoms with Crippen molar-refractivity contribution in [3.63, 3.8) is 0 Å². The van der Waals surface area contributed by atoms with Crippen LogP contribution >= 0.6 is 0 Å². The van der Waals surface area contributed by atoms with Crippen molar-refractivity contribution < 1.29 is 15.3 Å². The third-order valence-corrected chi connectivity index (χ3v) is 3.71. The van der Waals surface area contributed by atoms with E-state index in [1.165, 1.54) is 0 Å².